The van der Waals surface area contributed by atoms with Crippen LogP contribution in [0.2, 0.25) is 0 Å². The van der Waals surface area contributed by atoms with Crippen LogP contribution in [0.25, 0.3) is 0 Å². The molecule has 0 N–H and O–H groups in total. The Bertz CT molecular complexity index is 337. The van der Waals surface area contributed by atoms with Gasteiger partial charge < -0.3 is 9.47 Å². The van der Waals surface area contributed by atoms with Crippen molar-refractivity contribution in [3.63, 3.8) is 0 Å². The molecule has 4 atom stereocenters. The Kier molecular flexibility index (Phi) is 5.03. The molecule has 108 valence electrons. The highest BCUT2D eigenvalue weighted by Gasteiger charge is 2.33. The lowest BCUT2D eigenvalue weighted by Crippen LogP contribution is -2.15. The number of carbonyl (C=O) groups is 1. The third-order valence-electron chi connectivity index (χ3n) is 4.23. The van der Waals surface area contributed by atoms with Crippen LogP contribution in [0.15, 0.2) is 12.2 Å². The molecule has 0 saturated carbocycles. The zero-order chi connectivity index (χ0) is 13.8. The maximum absolute atomic E-state index is 11.3. The summed E-state index contributed by atoms with van der Waals surface area (Å²) in [5, 5.41) is 0. The fourth-order valence-electron chi connectivity index (χ4n) is 3.01. The van der Waals surface area contributed by atoms with Gasteiger partial charge in [0, 0.05) is 0 Å². The Morgan fingerprint density at radius 1 is 1.26 bits per heavy atom. The van der Waals surface area contributed by atoms with E-state index < -0.39 is 0 Å². The Labute approximate surface area is 116 Å². The number of esters is 1. The fraction of sp³-hybridized carbons (Fsp3) is 0.812. The predicted octanol–water partition coefficient (Wildman–Crippen LogP) is 3.62. The van der Waals surface area contributed by atoms with E-state index in [-0.39, 0.29) is 24.1 Å². The Balaban J connectivity index is 1.71. The molecule has 0 radical (unpaired) electrons. The van der Waals surface area contributed by atoms with Crippen molar-refractivity contribution in [3.8, 4) is 0 Å². The fourth-order valence-corrected chi connectivity index (χ4v) is 3.01. The highest BCUT2D eigenvalue weighted by atomic mass is 16.6. The van der Waals surface area contributed by atoms with Gasteiger partial charge in [0.15, 0.2) is 0 Å². The molecule has 0 aromatic rings. The molecule has 2 unspecified atom stereocenters. The summed E-state index contributed by atoms with van der Waals surface area (Å²) in [6, 6.07) is 0. The SMILES string of the molecule is C=C1CC(CCCC)O[C@H]1CCC1C[C@@H](C)C(=O)O1. The third kappa shape index (κ3) is 3.82. The van der Waals surface area contributed by atoms with Crippen LogP contribution in [-0.2, 0) is 14.3 Å². The molecule has 19 heavy (non-hydrogen) atoms. The number of cyclic esters (lactones) is 1. The van der Waals surface area contributed by atoms with Gasteiger partial charge in [-0.15, -0.1) is 0 Å². The van der Waals surface area contributed by atoms with Crippen molar-refractivity contribution in [1.29, 1.82) is 0 Å². The van der Waals surface area contributed by atoms with Gasteiger partial charge in [-0.25, -0.2) is 0 Å². The first-order valence-electron chi connectivity index (χ1n) is 7.63. The van der Waals surface area contributed by atoms with Crippen molar-refractivity contribution in [3.05, 3.63) is 12.2 Å². The van der Waals surface area contributed by atoms with E-state index in [9.17, 15) is 4.79 Å². The summed E-state index contributed by atoms with van der Waals surface area (Å²) in [4.78, 5) is 11.3. The number of hydrogen-bond acceptors (Lipinski definition) is 3. The normalized spacial score (nSPS) is 34.8. The molecule has 0 aromatic carbocycles. The molecule has 2 saturated heterocycles. The van der Waals surface area contributed by atoms with Crippen LogP contribution < -0.4 is 0 Å². The van der Waals surface area contributed by atoms with E-state index in [4.69, 9.17) is 9.47 Å². The number of carbonyl (C=O) groups excluding carboxylic acids is 1. The summed E-state index contributed by atoms with van der Waals surface area (Å²) >= 11 is 0. The Morgan fingerprint density at radius 2 is 2.05 bits per heavy atom. The van der Waals surface area contributed by atoms with Crippen LogP contribution in [0, 0.1) is 5.92 Å². The number of rotatable bonds is 6. The molecule has 0 amide bonds. The van der Waals surface area contributed by atoms with E-state index in [1.54, 1.807) is 0 Å². The molecule has 0 aromatic heterocycles. The maximum atomic E-state index is 11.3. The molecule has 3 nitrogen and oxygen atoms in total. The Hall–Kier alpha value is -0.830. The largest absolute Gasteiger partial charge is 0.462 e. The van der Waals surface area contributed by atoms with Gasteiger partial charge in [-0.05, 0) is 37.7 Å². The summed E-state index contributed by atoms with van der Waals surface area (Å²) in [7, 11) is 0. The quantitative estimate of drug-likeness (QED) is 0.544. The molecule has 2 heterocycles. The van der Waals surface area contributed by atoms with Crippen molar-refractivity contribution in [1.82, 2.24) is 0 Å². The van der Waals surface area contributed by atoms with Gasteiger partial charge in [-0.3, -0.25) is 4.79 Å². The minimum atomic E-state index is -0.0445. The van der Waals surface area contributed by atoms with Crippen molar-refractivity contribution in [2.75, 3.05) is 0 Å². The number of unbranched alkanes of at least 4 members (excludes halogenated alkanes) is 1. The second kappa shape index (κ2) is 6.56. The average molecular weight is 266 g/mol. The van der Waals surface area contributed by atoms with Gasteiger partial charge in [0.25, 0.3) is 0 Å². The predicted molar refractivity (Wildman–Crippen MR) is 74.8 cm³/mol. The molecule has 3 heteroatoms. The van der Waals surface area contributed by atoms with E-state index >= 15 is 0 Å². The van der Waals surface area contributed by atoms with Crippen LogP contribution >= 0.6 is 0 Å². The first kappa shape index (κ1) is 14.6. The summed E-state index contributed by atoms with van der Waals surface area (Å²) in [6.45, 7) is 8.28. The van der Waals surface area contributed by atoms with Gasteiger partial charge in [0.1, 0.15) is 6.10 Å². The zero-order valence-electron chi connectivity index (χ0n) is 12.2. The monoisotopic (exact) mass is 266 g/mol. The summed E-state index contributed by atoms with van der Waals surface area (Å²) in [5.74, 6) is 0.0204. The van der Waals surface area contributed by atoms with Crippen LogP contribution in [0.5, 0.6) is 0 Å². The molecule has 2 aliphatic heterocycles. The third-order valence-corrected chi connectivity index (χ3v) is 4.23. The average Bonchev–Trinajstić information content (AvgIpc) is 2.88. The van der Waals surface area contributed by atoms with Gasteiger partial charge >= 0.3 is 5.97 Å². The smallest absolute Gasteiger partial charge is 0.309 e. The lowest BCUT2D eigenvalue weighted by atomic mass is 9.99. The van der Waals surface area contributed by atoms with E-state index in [0.29, 0.717) is 6.10 Å². The Morgan fingerprint density at radius 3 is 2.68 bits per heavy atom. The minimum Gasteiger partial charge on any atom is -0.462 e. The summed E-state index contributed by atoms with van der Waals surface area (Å²) < 4.78 is 11.4. The van der Waals surface area contributed by atoms with Gasteiger partial charge in [-0.1, -0.05) is 33.3 Å². The molecule has 0 aliphatic carbocycles. The van der Waals surface area contributed by atoms with E-state index in [1.807, 2.05) is 6.92 Å². The van der Waals surface area contributed by atoms with Crippen LogP contribution in [0.4, 0.5) is 0 Å². The zero-order valence-corrected chi connectivity index (χ0v) is 12.2. The number of ether oxygens (including phenoxy) is 2. The van der Waals surface area contributed by atoms with Gasteiger partial charge in [0.2, 0.25) is 0 Å². The molecular formula is C16H26O3. The summed E-state index contributed by atoms with van der Waals surface area (Å²) in [5.41, 5.74) is 1.22. The van der Waals surface area contributed by atoms with Gasteiger partial charge in [-0.2, -0.15) is 0 Å². The first-order valence-corrected chi connectivity index (χ1v) is 7.63. The number of hydrogen-bond donors (Lipinski definition) is 0. The second-order valence-corrected chi connectivity index (χ2v) is 6.02. The molecule has 2 rings (SSSR count). The van der Waals surface area contributed by atoms with Crippen molar-refractivity contribution >= 4 is 5.97 Å². The van der Waals surface area contributed by atoms with Crippen molar-refractivity contribution in [2.24, 2.45) is 5.92 Å². The lowest BCUT2D eigenvalue weighted by molar-refractivity contribution is -0.144. The highest BCUT2D eigenvalue weighted by molar-refractivity contribution is 5.74. The topological polar surface area (TPSA) is 35.5 Å². The van der Waals surface area contributed by atoms with Crippen LogP contribution in [0.3, 0.4) is 0 Å². The second-order valence-electron chi connectivity index (χ2n) is 6.02. The molecule has 2 aliphatic rings. The van der Waals surface area contributed by atoms with Crippen molar-refractivity contribution < 1.29 is 14.3 Å². The van der Waals surface area contributed by atoms with E-state index in [1.165, 1.54) is 18.4 Å². The van der Waals surface area contributed by atoms with Crippen molar-refractivity contribution in [2.45, 2.75) is 77.1 Å². The molecular weight excluding hydrogens is 240 g/mol. The maximum Gasteiger partial charge on any atom is 0.309 e. The summed E-state index contributed by atoms with van der Waals surface area (Å²) in [6.07, 6.45) is 7.92. The standard InChI is InChI=1S/C16H26O3/c1-4-5-6-13-9-11(2)15(18-13)8-7-14-10-12(3)16(17)19-14/h12-15H,2,4-10H2,1,3H3/t12-,13?,14?,15+/m1/s1. The molecule has 0 spiro atoms. The minimum absolute atomic E-state index is 0.0445. The van der Waals surface area contributed by atoms with Crippen LogP contribution in [0.1, 0.15) is 58.8 Å². The van der Waals surface area contributed by atoms with E-state index in [0.717, 1.165) is 32.1 Å². The van der Waals surface area contributed by atoms with E-state index in [2.05, 4.69) is 13.5 Å². The van der Waals surface area contributed by atoms with Crippen LogP contribution in [-0.4, -0.2) is 24.3 Å². The molecule has 2 fully saturated rings. The lowest BCUT2D eigenvalue weighted by Gasteiger charge is -2.15. The first-order chi connectivity index (χ1) is 9.10. The highest BCUT2D eigenvalue weighted by Crippen LogP contribution is 2.32. The van der Waals surface area contributed by atoms with Gasteiger partial charge in [0.05, 0.1) is 18.1 Å². The molecule has 0 bridgehead atoms.